The third-order valence-corrected chi connectivity index (χ3v) is 3.21. The average molecular weight is 311 g/mol. The van der Waals surface area contributed by atoms with E-state index in [1.165, 1.54) is 11.8 Å². The van der Waals surface area contributed by atoms with Crippen LogP contribution in [0.15, 0.2) is 0 Å². The summed E-state index contributed by atoms with van der Waals surface area (Å²) in [6, 6.07) is -0.803. The summed E-state index contributed by atoms with van der Waals surface area (Å²) in [5.41, 5.74) is 9.42. The van der Waals surface area contributed by atoms with Crippen LogP contribution in [0.5, 0.6) is 0 Å². The normalized spacial score (nSPS) is 10.2. The third kappa shape index (κ3) is 3.57. The molecular weight excluding hydrogens is 290 g/mol. The second-order valence-corrected chi connectivity index (χ2v) is 4.52. The predicted octanol–water partition coefficient (Wildman–Crippen LogP) is 0.873. The van der Waals surface area contributed by atoms with Gasteiger partial charge in [-0.25, -0.2) is 15.0 Å². The highest BCUT2D eigenvalue weighted by Crippen LogP contribution is 2.24. The smallest absolute Gasteiger partial charge is 0.340 e. The molecule has 0 saturated carbocycles. The summed E-state index contributed by atoms with van der Waals surface area (Å²) < 4.78 is 11.0. The van der Waals surface area contributed by atoms with Gasteiger partial charge < -0.3 is 15.2 Å². The number of amides is 2. The molecule has 0 aromatic carbocycles. The van der Waals surface area contributed by atoms with Crippen molar-refractivity contribution in [1.82, 2.24) is 4.68 Å². The molecule has 1 heterocycles. The first-order chi connectivity index (χ1) is 10.4. The number of ether oxygens (including phenoxy) is 2. The number of carbonyl (C=O) groups is 3. The monoisotopic (exact) mass is 311 g/mol. The molecule has 0 aliphatic rings. The van der Waals surface area contributed by atoms with Gasteiger partial charge in [0.1, 0.15) is 0 Å². The van der Waals surface area contributed by atoms with Gasteiger partial charge in [-0.3, -0.25) is 9.47 Å². The number of esters is 2. The van der Waals surface area contributed by atoms with Crippen LogP contribution in [0, 0.1) is 6.92 Å². The van der Waals surface area contributed by atoms with Gasteiger partial charge >= 0.3 is 18.0 Å². The molecule has 0 aliphatic heterocycles. The quantitative estimate of drug-likeness (QED) is 0.757. The first kappa shape index (κ1) is 17.5. The van der Waals surface area contributed by atoms with Crippen molar-refractivity contribution in [3.05, 3.63) is 22.5 Å². The summed E-state index contributed by atoms with van der Waals surface area (Å²) in [6.07, 6.45) is 0.384. The predicted molar refractivity (Wildman–Crippen MR) is 79.2 cm³/mol. The molecule has 3 N–H and O–H groups in total. The zero-order valence-corrected chi connectivity index (χ0v) is 13.2. The molecule has 1 aromatic rings. The molecule has 1 rings (SSSR count). The Morgan fingerprint density at radius 1 is 1.27 bits per heavy atom. The number of methoxy groups -OCH3 is 1. The minimum absolute atomic E-state index is 0.0970. The van der Waals surface area contributed by atoms with E-state index in [0.29, 0.717) is 28.9 Å². The van der Waals surface area contributed by atoms with E-state index in [4.69, 9.17) is 10.5 Å². The lowest BCUT2D eigenvalue weighted by molar-refractivity contribution is -0.139. The molecule has 0 spiro atoms. The molecule has 8 nitrogen and oxygen atoms in total. The fraction of sp³-hybridized carbons (Fsp3) is 0.500. The molecule has 122 valence electrons. The van der Waals surface area contributed by atoms with Crippen molar-refractivity contribution in [3.8, 4) is 0 Å². The van der Waals surface area contributed by atoms with Gasteiger partial charge in [0.05, 0.1) is 37.1 Å². The van der Waals surface area contributed by atoms with Gasteiger partial charge in [-0.15, -0.1) is 0 Å². The Hall–Kier alpha value is -2.51. The van der Waals surface area contributed by atoms with E-state index in [2.05, 4.69) is 10.2 Å². The topological polar surface area (TPSA) is 113 Å². The van der Waals surface area contributed by atoms with E-state index in [1.807, 2.05) is 6.92 Å². The first-order valence-electron chi connectivity index (χ1n) is 6.90. The molecule has 22 heavy (non-hydrogen) atoms. The summed E-state index contributed by atoms with van der Waals surface area (Å²) in [5, 5.41) is 0. The van der Waals surface area contributed by atoms with E-state index < -0.39 is 18.0 Å². The number of nitrogens with one attached hydrogen (secondary N) is 1. The highest BCUT2D eigenvalue weighted by molar-refractivity contribution is 5.94. The van der Waals surface area contributed by atoms with E-state index in [-0.39, 0.29) is 13.0 Å². The van der Waals surface area contributed by atoms with Crippen molar-refractivity contribution in [2.45, 2.75) is 33.6 Å². The van der Waals surface area contributed by atoms with Crippen LogP contribution in [0.2, 0.25) is 0 Å². The molecule has 2 amide bonds. The molecular formula is C14H21N3O5. The second-order valence-electron chi connectivity index (χ2n) is 4.52. The Morgan fingerprint density at radius 3 is 2.36 bits per heavy atom. The highest BCUT2D eigenvalue weighted by Gasteiger charge is 2.27. The van der Waals surface area contributed by atoms with Crippen molar-refractivity contribution in [2.75, 3.05) is 19.1 Å². The van der Waals surface area contributed by atoms with E-state index in [0.717, 1.165) is 0 Å². The second kappa shape index (κ2) is 7.48. The zero-order valence-electron chi connectivity index (χ0n) is 13.2. The summed E-state index contributed by atoms with van der Waals surface area (Å²) in [6.45, 7) is 5.41. The molecule has 0 bridgehead atoms. The lowest BCUT2D eigenvalue weighted by Gasteiger charge is -2.11. The number of carbonyl (C=O) groups excluding carboxylic acids is 3. The number of urea groups is 1. The van der Waals surface area contributed by atoms with E-state index >= 15 is 0 Å². The van der Waals surface area contributed by atoms with Crippen LogP contribution in [0.4, 0.5) is 4.79 Å². The molecule has 0 atom stereocenters. The minimum Gasteiger partial charge on any atom is -0.469 e. The standard InChI is InChI=1S/C14H21N3O5/c1-5-9-10(7-11(18)21-4)17(16-14(15)20)8(3)12(9)13(19)22-6-2/h5-7H2,1-4H3,(H3,15,16,20). The maximum Gasteiger partial charge on any atom is 0.340 e. The Labute approximate surface area is 128 Å². The molecule has 0 radical (unpaired) electrons. The number of primary amides is 1. The minimum atomic E-state index is -0.803. The fourth-order valence-corrected chi connectivity index (χ4v) is 2.32. The average Bonchev–Trinajstić information content (AvgIpc) is 2.71. The summed E-state index contributed by atoms with van der Waals surface area (Å²) >= 11 is 0. The lowest BCUT2D eigenvalue weighted by atomic mass is 10.0. The molecule has 0 saturated heterocycles. The molecule has 0 unspecified atom stereocenters. The molecule has 0 aliphatic carbocycles. The third-order valence-electron chi connectivity index (χ3n) is 3.21. The van der Waals surface area contributed by atoms with Crippen LogP contribution in [-0.2, 0) is 27.1 Å². The number of hydrogen-bond acceptors (Lipinski definition) is 5. The van der Waals surface area contributed by atoms with Crippen LogP contribution in [0.25, 0.3) is 0 Å². The first-order valence-corrected chi connectivity index (χ1v) is 6.90. The summed E-state index contributed by atoms with van der Waals surface area (Å²) in [5.74, 6) is -0.997. The van der Waals surface area contributed by atoms with Crippen molar-refractivity contribution in [1.29, 1.82) is 0 Å². The van der Waals surface area contributed by atoms with Gasteiger partial charge in [-0.05, 0) is 25.8 Å². The number of aromatic nitrogens is 1. The van der Waals surface area contributed by atoms with Crippen LogP contribution in [0.1, 0.15) is 41.2 Å². The van der Waals surface area contributed by atoms with Gasteiger partial charge in [0.15, 0.2) is 0 Å². The SMILES string of the molecule is CCOC(=O)c1c(CC)c(CC(=O)OC)n(NC(N)=O)c1C. The lowest BCUT2D eigenvalue weighted by Crippen LogP contribution is -2.31. The van der Waals surface area contributed by atoms with Crippen LogP contribution >= 0.6 is 0 Å². The summed E-state index contributed by atoms with van der Waals surface area (Å²) in [7, 11) is 1.27. The Morgan fingerprint density at radius 2 is 1.91 bits per heavy atom. The van der Waals surface area contributed by atoms with Crippen molar-refractivity contribution < 1.29 is 23.9 Å². The molecule has 0 fully saturated rings. The number of rotatable bonds is 6. The maximum absolute atomic E-state index is 12.2. The largest absolute Gasteiger partial charge is 0.469 e. The van der Waals surface area contributed by atoms with Gasteiger partial charge in [-0.1, -0.05) is 6.92 Å². The number of nitrogens with zero attached hydrogens (tertiary/aromatic N) is 1. The maximum atomic E-state index is 12.2. The van der Waals surface area contributed by atoms with Crippen molar-refractivity contribution >= 4 is 18.0 Å². The van der Waals surface area contributed by atoms with Crippen molar-refractivity contribution in [3.63, 3.8) is 0 Å². The number of nitrogens with two attached hydrogens (primary N) is 1. The van der Waals surface area contributed by atoms with Crippen LogP contribution in [-0.4, -0.2) is 36.4 Å². The van der Waals surface area contributed by atoms with E-state index in [9.17, 15) is 14.4 Å². The van der Waals surface area contributed by atoms with Gasteiger partial charge in [0.25, 0.3) is 0 Å². The Kier molecular flexibility index (Phi) is 5.97. The van der Waals surface area contributed by atoms with Gasteiger partial charge in [0.2, 0.25) is 0 Å². The van der Waals surface area contributed by atoms with Crippen LogP contribution in [0.3, 0.4) is 0 Å². The van der Waals surface area contributed by atoms with Crippen LogP contribution < -0.4 is 11.2 Å². The summed E-state index contributed by atoms with van der Waals surface area (Å²) in [4.78, 5) is 35.0. The zero-order chi connectivity index (χ0) is 16.9. The number of hydrogen-bond donors (Lipinski definition) is 2. The fourth-order valence-electron chi connectivity index (χ4n) is 2.32. The Bertz CT molecular complexity index is 592. The van der Waals surface area contributed by atoms with E-state index in [1.54, 1.807) is 13.8 Å². The van der Waals surface area contributed by atoms with Crippen molar-refractivity contribution in [2.24, 2.45) is 5.73 Å². The molecule has 1 aromatic heterocycles. The highest BCUT2D eigenvalue weighted by atomic mass is 16.5. The van der Waals surface area contributed by atoms with Gasteiger partial charge in [-0.2, -0.15) is 0 Å². The van der Waals surface area contributed by atoms with Gasteiger partial charge in [0, 0.05) is 0 Å². The molecule has 8 heteroatoms. The Balaban J connectivity index is 3.48.